The van der Waals surface area contributed by atoms with Crippen LogP contribution < -0.4 is 11.1 Å². The molecule has 1 atom stereocenters. The van der Waals surface area contributed by atoms with Crippen molar-refractivity contribution < 1.29 is 4.79 Å². The van der Waals surface area contributed by atoms with E-state index >= 15 is 0 Å². The Balaban J connectivity index is 2.54. The molecule has 6 nitrogen and oxygen atoms in total. The molecule has 6 heteroatoms. The molecule has 0 bridgehead atoms. The smallest absolute Gasteiger partial charge is 0.241 e. The van der Waals surface area contributed by atoms with Crippen LogP contribution in [0.4, 0.5) is 0 Å². The first kappa shape index (κ1) is 12.6. The summed E-state index contributed by atoms with van der Waals surface area (Å²) in [5, 5.41) is 10.5. The van der Waals surface area contributed by atoms with Crippen molar-refractivity contribution in [1.82, 2.24) is 20.3 Å². The van der Waals surface area contributed by atoms with E-state index in [-0.39, 0.29) is 18.5 Å². The fraction of sp³-hybridized carbons (Fsp3) is 0.700. The van der Waals surface area contributed by atoms with Gasteiger partial charge in [0.05, 0.1) is 17.9 Å². The lowest BCUT2D eigenvalue weighted by Gasteiger charge is -2.04. The van der Waals surface area contributed by atoms with Crippen molar-refractivity contribution in [1.29, 1.82) is 0 Å². The number of aromatic nitrogens is 3. The first-order valence-corrected chi connectivity index (χ1v) is 5.59. The topological polar surface area (TPSA) is 85.8 Å². The number of likely N-dealkylation sites (N-methyl/N-ethyl adjacent to an activating group) is 1. The molecule has 1 heterocycles. The standard InChI is InChI=1S/C10H19N5O/c1-3-5-8(11)9-6-15(14-13-9)7-10(16)12-4-2/h6,8H,3-5,7,11H2,1-2H3,(H,12,16). The van der Waals surface area contributed by atoms with E-state index in [4.69, 9.17) is 5.73 Å². The highest BCUT2D eigenvalue weighted by molar-refractivity contribution is 5.75. The fourth-order valence-electron chi connectivity index (χ4n) is 1.42. The highest BCUT2D eigenvalue weighted by Crippen LogP contribution is 2.11. The van der Waals surface area contributed by atoms with Crippen LogP contribution in [-0.2, 0) is 11.3 Å². The predicted octanol–water partition coefficient (Wildman–Crippen LogP) is 0.214. The van der Waals surface area contributed by atoms with E-state index in [0.717, 1.165) is 18.5 Å². The Labute approximate surface area is 95.2 Å². The lowest BCUT2D eigenvalue weighted by atomic mass is 10.1. The third-order valence-corrected chi connectivity index (χ3v) is 2.22. The van der Waals surface area contributed by atoms with Crippen LogP contribution in [-0.4, -0.2) is 27.4 Å². The minimum atomic E-state index is -0.0898. The van der Waals surface area contributed by atoms with E-state index in [2.05, 4.69) is 22.6 Å². The molecule has 0 saturated heterocycles. The number of rotatable bonds is 6. The second-order valence-corrected chi connectivity index (χ2v) is 3.69. The van der Waals surface area contributed by atoms with E-state index < -0.39 is 0 Å². The van der Waals surface area contributed by atoms with Crippen molar-refractivity contribution in [2.75, 3.05) is 6.54 Å². The van der Waals surface area contributed by atoms with Crippen LogP contribution in [0.15, 0.2) is 6.20 Å². The molecule has 0 aromatic carbocycles. The van der Waals surface area contributed by atoms with Crippen LogP contribution in [0.1, 0.15) is 38.4 Å². The molecule has 0 aliphatic carbocycles. The van der Waals surface area contributed by atoms with Gasteiger partial charge in [0.1, 0.15) is 6.54 Å². The average Bonchev–Trinajstić information content (AvgIpc) is 2.67. The molecule has 16 heavy (non-hydrogen) atoms. The number of hydrogen-bond acceptors (Lipinski definition) is 4. The summed E-state index contributed by atoms with van der Waals surface area (Å²) in [7, 11) is 0. The summed E-state index contributed by atoms with van der Waals surface area (Å²) in [5.74, 6) is -0.0667. The number of nitrogens with one attached hydrogen (secondary N) is 1. The Morgan fingerprint density at radius 1 is 1.62 bits per heavy atom. The summed E-state index contributed by atoms with van der Waals surface area (Å²) < 4.78 is 1.51. The molecule has 0 fully saturated rings. The van der Waals surface area contributed by atoms with Gasteiger partial charge in [0.2, 0.25) is 5.91 Å². The maximum Gasteiger partial charge on any atom is 0.241 e. The lowest BCUT2D eigenvalue weighted by molar-refractivity contribution is -0.121. The molecule has 0 aliphatic heterocycles. The first-order chi connectivity index (χ1) is 7.67. The van der Waals surface area contributed by atoms with Gasteiger partial charge in [-0.2, -0.15) is 0 Å². The molecule has 90 valence electrons. The third-order valence-electron chi connectivity index (χ3n) is 2.22. The van der Waals surface area contributed by atoms with E-state index in [1.807, 2.05) is 6.92 Å². The van der Waals surface area contributed by atoms with Crippen LogP contribution in [0.25, 0.3) is 0 Å². The maximum absolute atomic E-state index is 11.3. The van der Waals surface area contributed by atoms with E-state index in [0.29, 0.717) is 6.54 Å². The Hall–Kier alpha value is -1.43. The first-order valence-electron chi connectivity index (χ1n) is 5.59. The molecule has 0 aliphatic rings. The molecule has 0 spiro atoms. The normalized spacial score (nSPS) is 12.4. The summed E-state index contributed by atoms with van der Waals surface area (Å²) in [6, 6.07) is -0.0898. The Morgan fingerprint density at radius 2 is 2.38 bits per heavy atom. The zero-order chi connectivity index (χ0) is 12.0. The zero-order valence-corrected chi connectivity index (χ0v) is 9.81. The summed E-state index contributed by atoms with van der Waals surface area (Å²) in [6.07, 6.45) is 3.61. The van der Waals surface area contributed by atoms with Crippen LogP contribution in [0, 0.1) is 0 Å². The Kier molecular flexibility index (Phi) is 4.91. The maximum atomic E-state index is 11.3. The lowest BCUT2D eigenvalue weighted by Crippen LogP contribution is -2.27. The van der Waals surface area contributed by atoms with Crippen LogP contribution in [0.5, 0.6) is 0 Å². The van der Waals surface area contributed by atoms with Crippen LogP contribution in [0.2, 0.25) is 0 Å². The number of carbonyl (C=O) groups excluding carboxylic acids is 1. The van der Waals surface area contributed by atoms with Gasteiger partial charge in [0, 0.05) is 6.54 Å². The van der Waals surface area contributed by atoms with Gasteiger partial charge in [0.25, 0.3) is 0 Å². The SMILES string of the molecule is CCCC(N)c1cn(CC(=O)NCC)nn1. The molecule has 3 N–H and O–H groups in total. The second-order valence-electron chi connectivity index (χ2n) is 3.69. The van der Waals surface area contributed by atoms with Gasteiger partial charge in [0.15, 0.2) is 0 Å². The monoisotopic (exact) mass is 225 g/mol. The average molecular weight is 225 g/mol. The highest BCUT2D eigenvalue weighted by atomic mass is 16.2. The van der Waals surface area contributed by atoms with Crippen molar-refractivity contribution in [3.8, 4) is 0 Å². The van der Waals surface area contributed by atoms with Crippen molar-refractivity contribution >= 4 is 5.91 Å². The van der Waals surface area contributed by atoms with E-state index in [9.17, 15) is 4.79 Å². The predicted molar refractivity (Wildman–Crippen MR) is 60.5 cm³/mol. The van der Waals surface area contributed by atoms with Gasteiger partial charge in [-0.3, -0.25) is 4.79 Å². The molecular weight excluding hydrogens is 206 g/mol. The van der Waals surface area contributed by atoms with Crippen molar-refractivity contribution in [2.24, 2.45) is 5.73 Å². The van der Waals surface area contributed by atoms with Crippen molar-refractivity contribution in [3.63, 3.8) is 0 Å². The largest absolute Gasteiger partial charge is 0.355 e. The Bertz CT molecular complexity index is 336. The molecule has 0 radical (unpaired) electrons. The second kappa shape index (κ2) is 6.22. The molecular formula is C10H19N5O. The summed E-state index contributed by atoms with van der Waals surface area (Å²) in [5.41, 5.74) is 6.63. The Morgan fingerprint density at radius 3 is 3.00 bits per heavy atom. The van der Waals surface area contributed by atoms with Gasteiger partial charge < -0.3 is 11.1 Å². The number of nitrogens with zero attached hydrogens (tertiary/aromatic N) is 3. The molecule has 1 aromatic heterocycles. The summed E-state index contributed by atoms with van der Waals surface area (Å²) in [4.78, 5) is 11.3. The van der Waals surface area contributed by atoms with E-state index in [1.165, 1.54) is 4.68 Å². The number of carbonyl (C=O) groups is 1. The van der Waals surface area contributed by atoms with Crippen molar-refractivity contribution in [3.05, 3.63) is 11.9 Å². The fourth-order valence-corrected chi connectivity index (χ4v) is 1.42. The number of nitrogens with two attached hydrogens (primary N) is 1. The molecule has 1 amide bonds. The minimum Gasteiger partial charge on any atom is -0.355 e. The minimum absolute atomic E-state index is 0.0667. The van der Waals surface area contributed by atoms with E-state index in [1.54, 1.807) is 6.20 Å². The third kappa shape index (κ3) is 3.62. The molecule has 1 aromatic rings. The highest BCUT2D eigenvalue weighted by Gasteiger charge is 2.10. The summed E-state index contributed by atoms with van der Waals surface area (Å²) in [6.45, 7) is 4.76. The zero-order valence-electron chi connectivity index (χ0n) is 9.81. The summed E-state index contributed by atoms with van der Waals surface area (Å²) >= 11 is 0. The van der Waals surface area contributed by atoms with Crippen molar-refractivity contribution in [2.45, 2.75) is 39.3 Å². The molecule has 1 unspecified atom stereocenters. The van der Waals surface area contributed by atoms with Crippen LogP contribution >= 0.6 is 0 Å². The van der Waals surface area contributed by atoms with Gasteiger partial charge >= 0.3 is 0 Å². The van der Waals surface area contributed by atoms with Gasteiger partial charge in [-0.15, -0.1) is 5.10 Å². The van der Waals surface area contributed by atoms with Crippen LogP contribution in [0.3, 0.4) is 0 Å². The van der Waals surface area contributed by atoms with Gasteiger partial charge in [-0.1, -0.05) is 18.6 Å². The van der Waals surface area contributed by atoms with Gasteiger partial charge in [-0.25, -0.2) is 4.68 Å². The van der Waals surface area contributed by atoms with Gasteiger partial charge in [-0.05, 0) is 13.3 Å². The number of amides is 1. The molecule has 0 saturated carbocycles. The molecule has 1 rings (SSSR count). The quantitative estimate of drug-likeness (QED) is 0.725. The number of hydrogen-bond donors (Lipinski definition) is 2.